The van der Waals surface area contributed by atoms with Crippen molar-refractivity contribution < 1.29 is 4.74 Å². The summed E-state index contributed by atoms with van der Waals surface area (Å²) in [5.74, 6) is 0.971. The minimum Gasteiger partial charge on any atom is -0.490 e. The van der Waals surface area contributed by atoms with E-state index in [1.165, 1.54) is 38.8 Å². The Morgan fingerprint density at radius 1 is 1.05 bits per heavy atom. The Morgan fingerprint density at radius 2 is 1.74 bits per heavy atom. The molecule has 0 aromatic carbocycles. The van der Waals surface area contributed by atoms with Gasteiger partial charge in [-0.3, -0.25) is 9.88 Å². The van der Waals surface area contributed by atoms with E-state index in [1.807, 2.05) is 12.1 Å². The van der Waals surface area contributed by atoms with Crippen molar-refractivity contribution in [3.63, 3.8) is 0 Å². The fourth-order valence-corrected chi connectivity index (χ4v) is 3.95. The number of pyridine rings is 1. The number of nitrogens with zero attached hydrogens (tertiary/aromatic N) is 2. The van der Waals surface area contributed by atoms with E-state index in [9.17, 15) is 0 Å². The van der Waals surface area contributed by atoms with Crippen LogP contribution in [0, 0.1) is 0 Å². The lowest BCUT2D eigenvalue weighted by molar-refractivity contribution is 0.00607. The maximum Gasteiger partial charge on any atom is 0.122 e. The highest BCUT2D eigenvalue weighted by atomic mass is 16.5. The summed E-state index contributed by atoms with van der Waals surface area (Å²) < 4.78 is 6.13. The van der Waals surface area contributed by atoms with E-state index in [1.54, 1.807) is 12.4 Å². The second-order valence-electron chi connectivity index (χ2n) is 6.04. The van der Waals surface area contributed by atoms with Crippen LogP contribution in [-0.4, -0.2) is 47.2 Å². The smallest absolute Gasteiger partial charge is 0.122 e. The van der Waals surface area contributed by atoms with Crippen LogP contribution in [0.5, 0.6) is 5.75 Å². The van der Waals surface area contributed by atoms with Crippen molar-refractivity contribution in [1.29, 1.82) is 0 Å². The topological polar surface area (TPSA) is 37.4 Å². The molecule has 3 atom stereocenters. The highest BCUT2D eigenvalue weighted by molar-refractivity contribution is 5.17. The molecule has 4 heteroatoms. The van der Waals surface area contributed by atoms with Gasteiger partial charge >= 0.3 is 0 Å². The first-order chi connectivity index (χ1) is 9.40. The summed E-state index contributed by atoms with van der Waals surface area (Å²) >= 11 is 0. The van der Waals surface area contributed by atoms with E-state index >= 15 is 0 Å². The van der Waals surface area contributed by atoms with Crippen LogP contribution < -0.4 is 10.1 Å². The standard InChI is InChI=1S/C15H21N3O/c1-2-12-8-15(19-14-3-5-16-6-4-14)7-11(1)18(12)13-9-17-10-13/h3-6,11-13,15,17H,1-2,7-10H2/t11-,12+,15-. The number of rotatable bonds is 3. The molecule has 3 fully saturated rings. The number of hydrogen-bond donors (Lipinski definition) is 1. The van der Waals surface area contributed by atoms with Gasteiger partial charge in [-0.1, -0.05) is 0 Å². The van der Waals surface area contributed by atoms with Crippen LogP contribution in [0.15, 0.2) is 24.5 Å². The Bertz CT molecular complexity index is 420. The van der Waals surface area contributed by atoms with Crippen LogP contribution in [0.1, 0.15) is 25.7 Å². The zero-order chi connectivity index (χ0) is 12.7. The number of ether oxygens (including phenoxy) is 1. The molecular weight excluding hydrogens is 238 g/mol. The van der Waals surface area contributed by atoms with E-state index in [2.05, 4.69) is 15.2 Å². The van der Waals surface area contributed by atoms with Crippen molar-refractivity contribution in [1.82, 2.24) is 15.2 Å². The maximum absolute atomic E-state index is 6.13. The Kier molecular flexibility index (Phi) is 2.93. The van der Waals surface area contributed by atoms with Gasteiger partial charge in [-0.05, 0) is 37.8 Å². The molecule has 0 amide bonds. The molecule has 2 bridgehead atoms. The Hall–Kier alpha value is -1.13. The zero-order valence-corrected chi connectivity index (χ0v) is 11.2. The molecule has 3 saturated heterocycles. The summed E-state index contributed by atoms with van der Waals surface area (Å²) in [6.07, 6.45) is 9.10. The Balaban J connectivity index is 1.42. The number of fused-ring (bicyclic) bond motifs is 2. The predicted octanol–water partition coefficient (Wildman–Crippen LogP) is 1.43. The molecular formula is C15H21N3O. The molecule has 0 unspecified atom stereocenters. The molecule has 4 rings (SSSR count). The third-order valence-electron chi connectivity index (χ3n) is 4.88. The second-order valence-corrected chi connectivity index (χ2v) is 6.04. The molecule has 4 nitrogen and oxygen atoms in total. The summed E-state index contributed by atoms with van der Waals surface area (Å²) in [6.45, 7) is 2.37. The lowest BCUT2D eigenvalue weighted by atomic mass is 9.95. The molecule has 19 heavy (non-hydrogen) atoms. The number of nitrogens with one attached hydrogen (secondary N) is 1. The average Bonchev–Trinajstić information content (AvgIpc) is 2.62. The van der Waals surface area contributed by atoms with Crippen LogP contribution in [-0.2, 0) is 0 Å². The summed E-state index contributed by atoms with van der Waals surface area (Å²) in [7, 11) is 0. The van der Waals surface area contributed by atoms with Gasteiger partial charge in [0, 0.05) is 43.6 Å². The summed E-state index contributed by atoms with van der Waals surface area (Å²) in [5.41, 5.74) is 0. The van der Waals surface area contributed by atoms with Gasteiger partial charge < -0.3 is 10.1 Å². The SMILES string of the molecule is c1cc(O[C@@H]2C[C@H]3CC[C@@H](C2)N3C2CNC2)ccn1. The highest BCUT2D eigenvalue weighted by Crippen LogP contribution is 2.39. The fourth-order valence-electron chi connectivity index (χ4n) is 3.95. The van der Waals surface area contributed by atoms with Gasteiger partial charge in [-0.15, -0.1) is 0 Å². The first kappa shape index (κ1) is 11.7. The van der Waals surface area contributed by atoms with Crippen LogP contribution >= 0.6 is 0 Å². The van der Waals surface area contributed by atoms with Gasteiger partial charge in [0.15, 0.2) is 0 Å². The summed E-state index contributed by atoms with van der Waals surface area (Å²) in [5, 5.41) is 3.40. The number of aromatic nitrogens is 1. The van der Waals surface area contributed by atoms with Crippen molar-refractivity contribution in [2.45, 2.75) is 49.9 Å². The average molecular weight is 259 g/mol. The molecule has 0 spiro atoms. The molecule has 3 aliphatic heterocycles. The molecule has 1 N–H and O–H groups in total. The first-order valence-corrected chi connectivity index (χ1v) is 7.45. The minimum atomic E-state index is 0.393. The van der Waals surface area contributed by atoms with E-state index in [0.717, 1.165) is 23.9 Å². The normalized spacial score (nSPS) is 35.1. The third-order valence-corrected chi connectivity index (χ3v) is 4.88. The molecule has 1 aromatic rings. The van der Waals surface area contributed by atoms with Gasteiger partial charge in [0.25, 0.3) is 0 Å². The number of hydrogen-bond acceptors (Lipinski definition) is 4. The van der Waals surface area contributed by atoms with Crippen LogP contribution in [0.25, 0.3) is 0 Å². The predicted molar refractivity (Wildman–Crippen MR) is 73.2 cm³/mol. The molecule has 1 aromatic heterocycles. The van der Waals surface area contributed by atoms with Gasteiger partial charge in [-0.2, -0.15) is 0 Å². The highest BCUT2D eigenvalue weighted by Gasteiger charge is 2.45. The fraction of sp³-hybridized carbons (Fsp3) is 0.667. The molecule has 102 valence electrons. The third kappa shape index (κ3) is 2.13. The van der Waals surface area contributed by atoms with Crippen molar-refractivity contribution in [3.8, 4) is 5.75 Å². The first-order valence-electron chi connectivity index (χ1n) is 7.45. The maximum atomic E-state index is 6.13. The molecule has 0 aliphatic carbocycles. The molecule has 0 saturated carbocycles. The minimum absolute atomic E-state index is 0.393. The second kappa shape index (κ2) is 4.76. The van der Waals surface area contributed by atoms with Gasteiger partial charge in [-0.25, -0.2) is 0 Å². The summed E-state index contributed by atoms with van der Waals surface area (Å²) in [4.78, 5) is 6.82. The van der Waals surface area contributed by atoms with Crippen LogP contribution in [0.2, 0.25) is 0 Å². The van der Waals surface area contributed by atoms with Crippen LogP contribution in [0.4, 0.5) is 0 Å². The van der Waals surface area contributed by atoms with E-state index in [-0.39, 0.29) is 0 Å². The summed E-state index contributed by atoms with van der Waals surface area (Å²) in [6, 6.07) is 6.21. The lowest BCUT2D eigenvalue weighted by Gasteiger charge is -2.47. The van der Waals surface area contributed by atoms with E-state index in [4.69, 9.17) is 4.74 Å². The molecule has 4 heterocycles. The Labute approximate surface area is 114 Å². The van der Waals surface area contributed by atoms with Gasteiger partial charge in [0.2, 0.25) is 0 Å². The van der Waals surface area contributed by atoms with Crippen molar-refractivity contribution in [2.75, 3.05) is 13.1 Å². The van der Waals surface area contributed by atoms with Gasteiger partial charge in [0.1, 0.15) is 11.9 Å². The van der Waals surface area contributed by atoms with Crippen molar-refractivity contribution in [2.24, 2.45) is 0 Å². The van der Waals surface area contributed by atoms with E-state index in [0.29, 0.717) is 6.10 Å². The number of piperidine rings is 1. The molecule has 3 aliphatic rings. The van der Waals surface area contributed by atoms with Crippen molar-refractivity contribution in [3.05, 3.63) is 24.5 Å². The van der Waals surface area contributed by atoms with Crippen LogP contribution in [0.3, 0.4) is 0 Å². The zero-order valence-electron chi connectivity index (χ0n) is 11.2. The van der Waals surface area contributed by atoms with Gasteiger partial charge in [0.05, 0.1) is 0 Å². The monoisotopic (exact) mass is 259 g/mol. The molecule has 0 radical (unpaired) electrons. The lowest BCUT2D eigenvalue weighted by Crippen LogP contribution is -2.62. The largest absolute Gasteiger partial charge is 0.490 e. The quantitative estimate of drug-likeness (QED) is 0.891. The Morgan fingerprint density at radius 3 is 2.32 bits per heavy atom. The van der Waals surface area contributed by atoms with E-state index < -0.39 is 0 Å². The van der Waals surface area contributed by atoms with Crippen molar-refractivity contribution >= 4 is 0 Å².